The predicted molar refractivity (Wildman–Crippen MR) is 130 cm³/mol. The quantitative estimate of drug-likeness (QED) is 0.318. The van der Waals surface area contributed by atoms with Gasteiger partial charge in [-0.05, 0) is 66.9 Å². The molecule has 0 aromatic heterocycles. The van der Waals surface area contributed by atoms with Gasteiger partial charge in [-0.25, -0.2) is 0 Å². The molecule has 3 nitrogen and oxygen atoms in total. The van der Waals surface area contributed by atoms with Crippen molar-refractivity contribution in [1.29, 1.82) is 0 Å². The molecule has 0 aliphatic heterocycles. The van der Waals surface area contributed by atoms with Crippen molar-refractivity contribution in [2.24, 2.45) is 0 Å². The number of aryl methyl sites for hydroxylation is 1. The van der Waals surface area contributed by atoms with Crippen molar-refractivity contribution in [2.75, 3.05) is 11.9 Å². The van der Waals surface area contributed by atoms with Crippen molar-refractivity contribution < 1.29 is 9.47 Å². The Morgan fingerprint density at radius 2 is 1.63 bits per heavy atom. The first-order chi connectivity index (χ1) is 14.4. The molecule has 0 atom stereocenters. The van der Waals surface area contributed by atoms with Crippen molar-refractivity contribution in [1.82, 2.24) is 0 Å². The van der Waals surface area contributed by atoms with E-state index in [0.29, 0.717) is 41.3 Å². The van der Waals surface area contributed by atoms with E-state index in [2.05, 4.69) is 21.2 Å². The van der Waals surface area contributed by atoms with Gasteiger partial charge in [0.15, 0.2) is 11.5 Å². The molecule has 0 unspecified atom stereocenters. The van der Waals surface area contributed by atoms with E-state index in [1.165, 1.54) is 0 Å². The van der Waals surface area contributed by atoms with Crippen molar-refractivity contribution in [3.05, 3.63) is 84.8 Å². The number of halogens is 4. The van der Waals surface area contributed by atoms with Crippen LogP contribution < -0.4 is 14.8 Å². The highest BCUT2D eigenvalue weighted by Crippen LogP contribution is 2.35. The molecule has 0 saturated carbocycles. The fourth-order valence-corrected chi connectivity index (χ4v) is 3.75. The van der Waals surface area contributed by atoms with E-state index in [1.54, 1.807) is 12.1 Å². The Kier molecular flexibility index (Phi) is 8.18. The third-order valence-corrected chi connectivity index (χ3v) is 6.33. The summed E-state index contributed by atoms with van der Waals surface area (Å²) in [7, 11) is 0. The van der Waals surface area contributed by atoms with Crippen LogP contribution in [0.1, 0.15) is 23.6 Å². The van der Waals surface area contributed by atoms with Crippen LogP contribution in [0.15, 0.2) is 53.0 Å². The number of hydrogen-bond donors (Lipinski definition) is 1. The van der Waals surface area contributed by atoms with Gasteiger partial charge in [-0.1, -0.05) is 62.9 Å². The van der Waals surface area contributed by atoms with Crippen LogP contribution in [-0.4, -0.2) is 6.61 Å². The van der Waals surface area contributed by atoms with Crippen molar-refractivity contribution >= 4 is 56.4 Å². The largest absolute Gasteiger partial charge is 0.490 e. The Hall–Kier alpha value is -1.59. The molecule has 0 heterocycles. The molecule has 0 aliphatic carbocycles. The number of benzene rings is 3. The molecule has 3 rings (SSSR count). The van der Waals surface area contributed by atoms with Gasteiger partial charge in [0.2, 0.25) is 0 Å². The molecule has 0 spiro atoms. The lowest BCUT2D eigenvalue weighted by atomic mass is 10.1. The lowest BCUT2D eigenvalue weighted by Crippen LogP contribution is -2.04. The minimum absolute atomic E-state index is 0.350. The summed E-state index contributed by atoms with van der Waals surface area (Å²) in [5.41, 5.74) is 3.96. The molecule has 0 saturated heterocycles. The number of anilines is 1. The highest BCUT2D eigenvalue weighted by Gasteiger charge is 2.12. The van der Waals surface area contributed by atoms with Crippen LogP contribution in [0, 0.1) is 6.92 Å². The van der Waals surface area contributed by atoms with E-state index >= 15 is 0 Å². The van der Waals surface area contributed by atoms with Gasteiger partial charge in [-0.3, -0.25) is 0 Å². The summed E-state index contributed by atoms with van der Waals surface area (Å²) in [6.07, 6.45) is 0. The monoisotopic (exact) mass is 527 g/mol. The van der Waals surface area contributed by atoms with Crippen LogP contribution in [0.25, 0.3) is 0 Å². The Morgan fingerprint density at radius 3 is 2.33 bits per heavy atom. The van der Waals surface area contributed by atoms with Crippen molar-refractivity contribution in [2.45, 2.75) is 27.0 Å². The second kappa shape index (κ2) is 10.6. The molecule has 1 N–H and O–H groups in total. The number of hydrogen-bond acceptors (Lipinski definition) is 3. The maximum Gasteiger partial charge on any atom is 0.162 e. The zero-order chi connectivity index (χ0) is 21.7. The fraction of sp³-hybridized carbons (Fsp3) is 0.217. The zero-order valence-corrected chi connectivity index (χ0v) is 20.4. The third kappa shape index (κ3) is 5.98. The summed E-state index contributed by atoms with van der Waals surface area (Å²) >= 11 is 21.9. The van der Waals surface area contributed by atoms with E-state index < -0.39 is 0 Å². The van der Waals surface area contributed by atoms with Crippen LogP contribution in [0.2, 0.25) is 15.1 Å². The maximum absolute atomic E-state index is 6.22. The van der Waals surface area contributed by atoms with Gasteiger partial charge in [-0.2, -0.15) is 0 Å². The molecule has 0 fully saturated rings. The van der Waals surface area contributed by atoms with Crippen LogP contribution in [0.3, 0.4) is 0 Å². The summed E-state index contributed by atoms with van der Waals surface area (Å²) in [5.74, 6) is 1.33. The highest BCUT2D eigenvalue weighted by molar-refractivity contribution is 9.10. The summed E-state index contributed by atoms with van der Waals surface area (Å²) < 4.78 is 12.7. The molecule has 0 amide bonds. The predicted octanol–water partition coefficient (Wildman–Crippen LogP) is 8.31. The SMILES string of the molecule is CCOc1cc(CNc2ccc(C)c(Cl)c2)c(Br)cc1OCc1ccc(Cl)c(Cl)c1. The fourth-order valence-electron chi connectivity index (χ4n) is 2.78. The van der Waals surface area contributed by atoms with Gasteiger partial charge in [0.25, 0.3) is 0 Å². The minimum Gasteiger partial charge on any atom is -0.490 e. The van der Waals surface area contributed by atoms with Gasteiger partial charge in [0.1, 0.15) is 6.61 Å². The Labute approximate surface area is 200 Å². The Bertz CT molecular complexity index is 1040. The second-order valence-electron chi connectivity index (χ2n) is 6.68. The van der Waals surface area contributed by atoms with Crippen LogP contribution >= 0.6 is 50.7 Å². The number of nitrogens with one attached hydrogen (secondary N) is 1. The van der Waals surface area contributed by atoms with Crippen molar-refractivity contribution in [3.8, 4) is 11.5 Å². The number of ether oxygens (including phenoxy) is 2. The van der Waals surface area contributed by atoms with Gasteiger partial charge in [0, 0.05) is 21.7 Å². The van der Waals surface area contributed by atoms with Gasteiger partial charge >= 0.3 is 0 Å². The normalized spacial score (nSPS) is 10.7. The average Bonchev–Trinajstić information content (AvgIpc) is 2.72. The first-order valence-electron chi connectivity index (χ1n) is 9.39. The van der Waals surface area contributed by atoms with Gasteiger partial charge in [-0.15, -0.1) is 0 Å². The molecule has 0 radical (unpaired) electrons. The molecule has 0 bridgehead atoms. The minimum atomic E-state index is 0.350. The van der Waals surface area contributed by atoms with Gasteiger partial charge < -0.3 is 14.8 Å². The topological polar surface area (TPSA) is 30.5 Å². The highest BCUT2D eigenvalue weighted by atomic mass is 79.9. The zero-order valence-electron chi connectivity index (χ0n) is 16.6. The molecule has 158 valence electrons. The van der Waals surface area contributed by atoms with E-state index in [9.17, 15) is 0 Å². The molecular weight excluding hydrogens is 509 g/mol. The standard InChI is InChI=1S/C23H21BrCl3NO2/c1-3-29-22-9-16(12-28-17-6-4-14(2)20(26)10-17)18(24)11-23(22)30-13-15-5-7-19(25)21(27)8-15/h4-11,28H,3,12-13H2,1-2H3. The molecule has 3 aromatic carbocycles. The molecule has 0 aliphatic rings. The van der Waals surface area contributed by atoms with Gasteiger partial charge in [0.05, 0.1) is 16.7 Å². The van der Waals surface area contributed by atoms with Crippen molar-refractivity contribution in [3.63, 3.8) is 0 Å². The Balaban J connectivity index is 1.75. The van der Waals surface area contributed by atoms with E-state index in [1.807, 2.05) is 50.2 Å². The lowest BCUT2D eigenvalue weighted by Gasteiger charge is -2.16. The summed E-state index contributed by atoms with van der Waals surface area (Å²) in [5, 5.41) is 5.15. The second-order valence-corrected chi connectivity index (χ2v) is 8.75. The molecule has 7 heteroatoms. The smallest absolute Gasteiger partial charge is 0.162 e. The first kappa shape index (κ1) is 23.1. The number of rotatable bonds is 8. The molecular formula is C23H21BrCl3NO2. The average molecular weight is 530 g/mol. The van der Waals surface area contributed by atoms with Crippen LogP contribution in [0.5, 0.6) is 11.5 Å². The van der Waals surface area contributed by atoms with E-state index in [0.717, 1.165) is 31.9 Å². The summed E-state index contributed by atoms with van der Waals surface area (Å²) in [6.45, 7) is 5.41. The summed E-state index contributed by atoms with van der Waals surface area (Å²) in [4.78, 5) is 0. The third-order valence-electron chi connectivity index (χ3n) is 4.45. The molecule has 3 aromatic rings. The van der Waals surface area contributed by atoms with Crippen LogP contribution in [0.4, 0.5) is 5.69 Å². The summed E-state index contributed by atoms with van der Waals surface area (Å²) in [6, 6.07) is 15.2. The lowest BCUT2D eigenvalue weighted by molar-refractivity contribution is 0.269. The molecule has 30 heavy (non-hydrogen) atoms. The van der Waals surface area contributed by atoms with E-state index in [-0.39, 0.29) is 0 Å². The maximum atomic E-state index is 6.22. The van der Waals surface area contributed by atoms with E-state index in [4.69, 9.17) is 44.3 Å². The Morgan fingerprint density at radius 1 is 0.867 bits per heavy atom. The first-order valence-corrected chi connectivity index (χ1v) is 11.3. The van der Waals surface area contributed by atoms with Crippen LogP contribution in [-0.2, 0) is 13.2 Å².